The van der Waals surface area contributed by atoms with E-state index in [0.717, 1.165) is 43.2 Å². The first-order chi connectivity index (χ1) is 13.3. The standard InChI is InChI=1S/C22H25N3O2/c1-25-16-23-15-21(25)22-13-18(10-11-26-22)24-14-17-6-5-9-20(12-17)27-19-7-3-2-4-8-19/h2-9,12,15-16,18,22,24H,10-11,13-14H2,1H3/t18-,22+/m1/s1. The second-order valence-electron chi connectivity index (χ2n) is 6.95. The van der Waals surface area contributed by atoms with E-state index in [9.17, 15) is 0 Å². The Morgan fingerprint density at radius 2 is 2.00 bits per heavy atom. The number of aryl methyl sites for hydroxylation is 1. The molecule has 5 heteroatoms. The molecule has 1 N–H and O–H groups in total. The molecule has 1 aromatic heterocycles. The molecule has 0 aliphatic carbocycles. The molecule has 140 valence electrons. The summed E-state index contributed by atoms with van der Waals surface area (Å²) in [7, 11) is 2.01. The Morgan fingerprint density at radius 3 is 2.81 bits per heavy atom. The molecule has 1 saturated heterocycles. The fraction of sp³-hybridized carbons (Fsp3) is 0.318. The van der Waals surface area contributed by atoms with E-state index >= 15 is 0 Å². The van der Waals surface area contributed by atoms with Gasteiger partial charge in [-0.1, -0.05) is 30.3 Å². The second kappa shape index (κ2) is 8.37. The van der Waals surface area contributed by atoms with Gasteiger partial charge in [0, 0.05) is 26.2 Å². The Labute approximate surface area is 160 Å². The Balaban J connectivity index is 1.34. The first-order valence-electron chi connectivity index (χ1n) is 9.41. The summed E-state index contributed by atoms with van der Waals surface area (Å²) in [6, 6.07) is 18.5. The van der Waals surface area contributed by atoms with Crippen molar-refractivity contribution in [1.82, 2.24) is 14.9 Å². The highest BCUT2D eigenvalue weighted by Crippen LogP contribution is 2.28. The van der Waals surface area contributed by atoms with Crippen LogP contribution >= 0.6 is 0 Å². The predicted octanol–water partition coefficient (Wildman–Crippen LogP) is 4.22. The fourth-order valence-electron chi connectivity index (χ4n) is 3.47. The van der Waals surface area contributed by atoms with Crippen LogP contribution in [-0.2, 0) is 18.3 Å². The average Bonchev–Trinajstić information content (AvgIpc) is 3.14. The normalized spacial score (nSPS) is 19.7. The maximum absolute atomic E-state index is 5.95. The number of imidazole rings is 1. The van der Waals surface area contributed by atoms with Crippen molar-refractivity contribution in [3.05, 3.63) is 78.4 Å². The Morgan fingerprint density at radius 1 is 1.15 bits per heavy atom. The van der Waals surface area contributed by atoms with E-state index in [1.807, 2.05) is 66.6 Å². The summed E-state index contributed by atoms with van der Waals surface area (Å²) >= 11 is 0. The van der Waals surface area contributed by atoms with Crippen molar-refractivity contribution in [1.29, 1.82) is 0 Å². The SMILES string of the molecule is Cn1cncc1[C@@H]1C[C@H](NCc2cccc(Oc3ccccc3)c2)CCO1. The van der Waals surface area contributed by atoms with Crippen LogP contribution in [0.5, 0.6) is 11.5 Å². The number of hydrogen-bond donors (Lipinski definition) is 1. The van der Waals surface area contributed by atoms with Crippen LogP contribution in [0.2, 0.25) is 0 Å². The molecule has 2 atom stereocenters. The Hall–Kier alpha value is -2.63. The van der Waals surface area contributed by atoms with Gasteiger partial charge in [-0.15, -0.1) is 0 Å². The number of rotatable bonds is 6. The number of nitrogens with zero attached hydrogens (tertiary/aromatic N) is 2. The molecule has 0 radical (unpaired) electrons. The lowest BCUT2D eigenvalue weighted by atomic mass is 10.0. The largest absolute Gasteiger partial charge is 0.457 e. The van der Waals surface area contributed by atoms with Crippen molar-refractivity contribution >= 4 is 0 Å². The highest BCUT2D eigenvalue weighted by atomic mass is 16.5. The summed E-state index contributed by atoms with van der Waals surface area (Å²) in [5.74, 6) is 1.71. The van der Waals surface area contributed by atoms with Crippen molar-refractivity contribution in [3.8, 4) is 11.5 Å². The molecule has 5 nitrogen and oxygen atoms in total. The third kappa shape index (κ3) is 4.56. The minimum atomic E-state index is 0.108. The number of aromatic nitrogens is 2. The number of para-hydroxylation sites is 1. The van der Waals surface area contributed by atoms with E-state index in [0.29, 0.717) is 6.04 Å². The van der Waals surface area contributed by atoms with E-state index < -0.39 is 0 Å². The fourth-order valence-corrected chi connectivity index (χ4v) is 3.47. The molecule has 2 aromatic carbocycles. The molecule has 0 spiro atoms. The molecule has 4 rings (SSSR count). The minimum Gasteiger partial charge on any atom is -0.457 e. The molecule has 0 amide bonds. The van der Waals surface area contributed by atoms with Crippen molar-refractivity contribution in [2.45, 2.75) is 31.5 Å². The van der Waals surface area contributed by atoms with Crippen LogP contribution in [0, 0.1) is 0 Å². The molecule has 0 unspecified atom stereocenters. The number of benzene rings is 2. The average molecular weight is 363 g/mol. The monoisotopic (exact) mass is 363 g/mol. The van der Waals surface area contributed by atoms with E-state index in [4.69, 9.17) is 9.47 Å². The first kappa shape index (κ1) is 17.8. The summed E-state index contributed by atoms with van der Waals surface area (Å²) in [6.07, 6.45) is 5.82. The van der Waals surface area contributed by atoms with E-state index in [-0.39, 0.29) is 6.10 Å². The predicted molar refractivity (Wildman–Crippen MR) is 105 cm³/mol. The van der Waals surface area contributed by atoms with Crippen LogP contribution < -0.4 is 10.1 Å². The highest BCUT2D eigenvalue weighted by molar-refractivity contribution is 5.33. The quantitative estimate of drug-likeness (QED) is 0.712. The van der Waals surface area contributed by atoms with Gasteiger partial charge in [0.1, 0.15) is 17.6 Å². The van der Waals surface area contributed by atoms with Crippen LogP contribution in [-0.4, -0.2) is 22.2 Å². The first-order valence-corrected chi connectivity index (χ1v) is 9.41. The van der Waals surface area contributed by atoms with Crippen LogP contribution in [0.15, 0.2) is 67.1 Å². The van der Waals surface area contributed by atoms with Gasteiger partial charge in [-0.05, 0) is 42.7 Å². The molecule has 0 saturated carbocycles. The minimum absolute atomic E-state index is 0.108. The summed E-state index contributed by atoms with van der Waals surface area (Å²) in [4.78, 5) is 4.21. The van der Waals surface area contributed by atoms with E-state index in [1.165, 1.54) is 5.56 Å². The van der Waals surface area contributed by atoms with Gasteiger partial charge in [-0.25, -0.2) is 4.98 Å². The molecule has 2 heterocycles. The van der Waals surface area contributed by atoms with Gasteiger partial charge in [-0.3, -0.25) is 0 Å². The zero-order valence-electron chi connectivity index (χ0n) is 15.5. The van der Waals surface area contributed by atoms with Crippen LogP contribution in [0.4, 0.5) is 0 Å². The Bertz CT molecular complexity index is 863. The van der Waals surface area contributed by atoms with Gasteiger partial charge in [0.2, 0.25) is 0 Å². The number of nitrogens with one attached hydrogen (secondary N) is 1. The zero-order valence-corrected chi connectivity index (χ0v) is 15.5. The van der Waals surface area contributed by atoms with Gasteiger partial charge in [0.05, 0.1) is 18.2 Å². The third-order valence-electron chi connectivity index (χ3n) is 4.94. The molecular formula is C22H25N3O2. The van der Waals surface area contributed by atoms with Crippen LogP contribution in [0.25, 0.3) is 0 Å². The van der Waals surface area contributed by atoms with Gasteiger partial charge in [0.15, 0.2) is 0 Å². The topological polar surface area (TPSA) is 48.3 Å². The van der Waals surface area contributed by atoms with E-state index in [2.05, 4.69) is 22.4 Å². The summed E-state index contributed by atoms with van der Waals surface area (Å²) in [5.41, 5.74) is 2.35. The highest BCUT2D eigenvalue weighted by Gasteiger charge is 2.25. The van der Waals surface area contributed by atoms with Crippen LogP contribution in [0.1, 0.15) is 30.2 Å². The maximum atomic E-state index is 5.95. The second-order valence-corrected chi connectivity index (χ2v) is 6.95. The molecule has 3 aromatic rings. The Kier molecular flexibility index (Phi) is 5.51. The van der Waals surface area contributed by atoms with Gasteiger partial charge in [-0.2, -0.15) is 0 Å². The lowest BCUT2D eigenvalue weighted by Gasteiger charge is -2.30. The maximum Gasteiger partial charge on any atom is 0.127 e. The van der Waals surface area contributed by atoms with Gasteiger partial charge >= 0.3 is 0 Å². The molecule has 27 heavy (non-hydrogen) atoms. The molecule has 1 fully saturated rings. The lowest BCUT2D eigenvalue weighted by molar-refractivity contribution is -0.00404. The lowest BCUT2D eigenvalue weighted by Crippen LogP contribution is -2.36. The number of hydrogen-bond acceptors (Lipinski definition) is 4. The summed E-state index contributed by atoms with van der Waals surface area (Å²) in [6.45, 7) is 1.58. The van der Waals surface area contributed by atoms with Gasteiger partial charge in [0.25, 0.3) is 0 Å². The van der Waals surface area contributed by atoms with E-state index in [1.54, 1.807) is 0 Å². The zero-order chi connectivity index (χ0) is 18.5. The molecular weight excluding hydrogens is 338 g/mol. The molecule has 0 bridgehead atoms. The van der Waals surface area contributed by atoms with Crippen molar-refractivity contribution < 1.29 is 9.47 Å². The molecule has 1 aliphatic rings. The van der Waals surface area contributed by atoms with Gasteiger partial charge < -0.3 is 19.4 Å². The number of ether oxygens (including phenoxy) is 2. The third-order valence-corrected chi connectivity index (χ3v) is 4.94. The summed E-state index contributed by atoms with van der Waals surface area (Å²) in [5, 5.41) is 3.68. The molecule has 1 aliphatic heterocycles. The van der Waals surface area contributed by atoms with Crippen molar-refractivity contribution in [3.63, 3.8) is 0 Å². The van der Waals surface area contributed by atoms with Crippen LogP contribution in [0.3, 0.4) is 0 Å². The van der Waals surface area contributed by atoms with Crippen molar-refractivity contribution in [2.24, 2.45) is 7.05 Å². The van der Waals surface area contributed by atoms with Crippen molar-refractivity contribution in [2.75, 3.05) is 6.61 Å². The summed E-state index contributed by atoms with van der Waals surface area (Å²) < 4.78 is 13.9. The smallest absolute Gasteiger partial charge is 0.127 e.